The number of methoxy groups -OCH3 is 1. The quantitative estimate of drug-likeness (QED) is 0.807. The molecule has 2 aromatic carbocycles. The highest BCUT2D eigenvalue weighted by Crippen LogP contribution is 2.27. The molecule has 2 N–H and O–H groups in total. The zero-order valence-corrected chi connectivity index (χ0v) is 14.5. The maximum absolute atomic E-state index is 12.2. The molecule has 2 aromatic rings. The molecule has 2 amide bonds. The zero-order chi connectivity index (χ0) is 18.2. The Labute approximate surface area is 147 Å². The van der Waals surface area contributed by atoms with E-state index in [4.69, 9.17) is 9.47 Å². The van der Waals surface area contributed by atoms with Crippen LogP contribution in [0.2, 0.25) is 0 Å². The van der Waals surface area contributed by atoms with Gasteiger partial charge in [0.15, 0.2) is 18.1 Å². The van der Waals surface area contributed by atoms with Crippen molar-refractivity contribution in [2.24, 2.45) is 0 Å². The van der Waals surface area contributed by atoms with E-state index in [0.717, 1.165) is 5.56 Å². The van der Waals surface area contributed by atoms with Crippen molar-refractivity contribution in [3.05, 3.63) is 59.7 Å². The maximum Gasteiger partial charge on any atom is 0.258 e. The highest BCUT2D eigenvalue weighted by Gasteiger charge is 2.21. The molecule has 6 nitrogen and oxygen atoms in total. The summed E-state index contributed by atoms with van der Waals surface area (Å²) < 4.78 is 10.8. The molecule has 0 aliphatic carbocycles. The number of ether oxygens (including phenoxy) is 2. The van der Waals surface area contributed by atoms with Gasteiger partial charge in [0.2, 0.25) is 5.91 Å². The van der Waals surface area contributed by atoms with Gasteiger partial charge in [-0.05, 0) is 30.2 Å². The Bertz CT molecular complexity index is 731. The van der Waals surface area contributed by atoms with Crippen molar-refractivity contribution in [1.82, 2.24) is 10.6 Å². The van der Waals surface area contributed by atoms with Crippen LogP contribution in [0.25, 0.3) is 0 Å². The number of amides is 2. The van der Waals surface area contributed by atoms with E-state index in [1.165, 1.54) is 7.05 Å². The van der Waals surface area contributed by atoms with Crippen LogP contribution in [0.4, 0.5) is 0 Å². The van der Waals surface area contributed by atoms with E-state index in [-0.39, 0.29) is 12.5 Å². The van der Waals surface area contributed by atoms with Crippen LogP contribution in [0.15, 0.2) is 48.5 Å². The third kappa shape index (κ3) is 4.97. The van der Waals surface area contributed by atoms with Crippen LogP contribution in [-0.4, -0.2) is 32.6 Å². The van der Waals surface area contributed by atoms with E-state index in [1.54, 1.807) is 25.3 Å². The van der Waals surface area contributed by atoms with Gasteiger partial charge in [-0.2, -0.15) is 0 Å². The highest BCUT2D eigenvalue weighted by molar-refractivity contribution is 5.89. The number of likely N-dealkylation sites (N-methyl/N-ethyl adjacent to an activating group) is 1. The topological polar surface area (TPSA) is 76.7 Å². The Hall–Kier alpha value is -3.02. The molecule has 0 heterocycles. The van der Waals surface area contributed by atoms with Crippen molar-refractivity contribution in [1.29, 1.82) is 0 Å². The fourth-order valence-corrected chi connectivity index (χ4v) is 2.33. The summed E-state index contributed by atoms with van der Waals surface area (Å²) in [5, 5.41) is 5.24. The number of rotatable bonds is 7. The number of aryl methyl sites for hydroxylation is 1. The summed E-state index contributed by atoms with van der Waals surface area (Å²) in [6, 6.07) is 13.7. The average molecular weight is 342 g/mol. The molecular formula is C19H22N2O4. The number of nitrogens with one attached hydrogen (secondary N) is 2. The summed E-state index contributed by atoms with van der Waals surface area (Å²) in [6.45, 7) is 1.71. The lowest BCUT2D eigenvalue weighted by molar-refractivity contribution is -0.129. The second kappa shape index (κ2) is 8.73. The first-order valence-electron chi connectivity index (χ1n) is 7.88. The predicted octanol–water partition coefficient (Wildman–Crippen LogP) is 1.99. The monoisotopic (exact) mass is 342 g/mol. The number of hydrogen-bond acceptors (Lipinski definition) is 4. The first kappa shape index (κ1) is 18.3. The molecular weight excluding hydrogens is 320 g/mol. The Morgan fingerprint density at radius 2 is 1.80 bits per heavy atom. The Kier molecular flexibility index (Phi) is 6.39. The Morgan fingerprint density at radius 1 is 1.08 bits per heavy atom. The molecule has 0 radical (unpaired) electrons. The molecule has 0 saturated heterocycles. The van der Waals surface area contributed by atoms with Crippen LogP contribution in [0.3, 0.4) is 0 Å². The molecule has 1 unspecified atom stereocenters. The predicted molar refractivity (Wildman–Crippen MR) is 94.6 cm³/mol. The van der Waals surface area contributed by atoms with E-state index < -0.39 is 11.9 Å². The van der Waals surface area contributed by atoms with Gasteiger partial charge in [0.1, 0.15) is 6.04 Å². The third-order valence-corrected chi connectivity index (χ3v) is 3.62. The van der Waals surface area contributed by atoms with Gasteiger partial charge in [-0.1, -0.05) is 36.4 Å². The summed E-state index contributed by atoms with van der Waals surface area (Å²) in [6.07, 6.45) is 0. The molecule has 0 fully saturated rings. The Morgan fingerprint density at radius 3 is 2.44 bits per heavy atom. The van der Waals surface area contributed by atoms with E-state index in [2.05, 4.69) is 10.6 Å². The molecule has 0 aliphatic heterocycles. The van der Waals surface area contributed by atoms with Crippen molar-refractivity contribution in [3.63, 3.8) is 0 Å². The number of hydrogen-bond donors (Lipinski definition) is 2. The Balaban J connectivity index is 2.03. The number of carbonyl (C=O) groups is 2. The van der Waals surface area contributed by atoms with Gasteiger partial charge < -0.3 is 20.1 Å². The first-order chi connectivity index (χ1) is 12.0. The molecule has 1 atom stereocenters. The van der Waals surface area contributed by atoms with Crippen LogP contribution < -0.4 is 20.1 Å². The number of carbonyl (C=O) groups excluding carboxylic acids is 2. The SMILES string of the molecule is CNC(=O)C(NC(=O)COc1ccc(C)cc1OC)c1ccccc1. The first-order valence-corrected chi connectivity index (χ1v) is 7.88. The average Bonchev–Trinajstić information content (AvgIpc) is 2.65. The molecule has 25 heavy (non-hydrogen) atoms. The van der Waals surface area contributed by atoms with Crippen molar-refractivity contribution >= 4 is 11.8 Å². The standard InChI is InChI=1S/C19H22N2O4/c1-13-9-10-15(16(11-13)24-3)25-12-17(22)21-18(19(23)20-2)14-7-5-4-6-8-14/h4-11,18H,12H2,1-3H3,(H,20,23)(H,21,22). The minimum Gasteiger partial charge on any atom is -0.493 e. The van der Waals surface area contributed by atoms with Gasteiger partial charge in [0, 0.05) is 7.05 Å². The van der Waals surface area contributed by atoms with Gasteiger partial charge in [0.05, 0.1) is 7.11 Å². The van der Waals surface area contributed by atoms with Crippen LogP contribution in [0.1, 0.15) is 17.2 Å². The highest BCUT2D eigenvalue weighted by atomic mass is 16.5. The minimum atomic E-state index is -0.776. The van der Waals surface area contributed by atoms with Gasteiger partial charge >= 0.3 is 0 Å². The second-order valence-electron chi connectivity index (χ2n) is 5.47. The molecule has 6 heteroatoms. The van der Waals surface area contributed by atoms with Crippen molar-refractivity contribution < 1.29 is 19.1 Å². The lowest BCUT2D eigenvalue weighted by Crippen LogP contribution is -2.41. The number of benzene rings is 2. The van der Waals surface area contributed by atoms with E-state index in [9.17, 15) is 9.59 Å². The summed E-state index contributed by atoms with van der Waals surface area (Å²) in [4.78, 5) is 24.3. The smallest absolute Gasteiger partial charge is 0.258 e. The van der Waals surface area contributed by atoms with E-state index in [1.807, 2.05) is 37.3 Å². The largest absolute Gasteiger partial charge is 0.493 e. The summed E-state index contributed by atoms with van der Waals surface area (Å²) >= 11 is 0. The van der Waals surface area contributed by atoms with E-state index in [0.29, 0.717) is 17.1 Å². The van der Waals surface area contributed by atoms with Gasteiger partial charge in [-0.15, -0.1) is 0 Å². The maximum atomic E-state index is 12.2. The zero-order valence-electron chi connectivity index (χ0n) is 14.5. The molecule has 0 aliphatic rings. The second-order valence-corrected chi connectivity index (χ2v) is 5.47. The molecule has 0 aromatic heterocycles. The lowest BCUT2D eigenvalue weighted by Gasteiger charge is -2.18. The molecule has 0 spiro atoms. The van der Waals surface area contributed by atoms with Gasteiger partial charge in [-0.3, -0.25) is 9.59 Å². The molecule has 132 valence electrons. The summed E-state index contributed by atoms with van der Waals surface area (Å²) in [5.41, 5.74) is 1.72. The normalized spacial score (nSPS) is 11.3. The summed E-state index contributed by atoms with van der Waals surface area (Å²) in [7, 11) is 3.07. The van der Waals surface area contributed by atoms with E-state index >= 15 is 0 Å². The summed E-state index contributed by atoms with van der Waals surface area (Å²) in [5.74, 6) is 0.325. The minimum absolute atomic E-state index is 0.222. The fourth-order valence-electron chi connectivity index (χ4n) is 2.33. The molecule has 0 bridgehead atoms. The van der Waals surface area contributed by atoms with Crippen molar-refractivity contribution in [3.8, 4) is 11.5 Å². The van der Waals surface area contributed by atoms with Crippen LogP contribution in [0.5, 0.6) is 11.5 Å². The third-order valence-electron chi connectivity index (χ3n) is 3.62. The van der Waals surface area contributed by atoms with Gasteiger partial charge in [-0.25, -0.2) is 0 Å². The van der Waals surface area contributed by atoms with Gasteiger partial charge in [0.25, 0.3) is 5.91 Å². The lowest BCUT2D eigenvalue weighted by atomic mass is 10.1. The molecule has 2 rings (SSSR count). The van der Waals surface area contributed by atoms with Crippen molar-refractivity contribution in [2.45, 2.75) is 13.0 Å². The van der Waals surface area contributed by atoms with Crippen LogP contribution >= 0.6 is 0 Å². The fraction of sp³-hybridized carbons (Fsp3) is 0.263. The van der Waals surface area contributed by atoms with Crippen molar-refractivity contribution in [2.75, 3.05) is 20.8 Å². The van der Waals surface area contributed by atoms with Crippen LogP contribution in [-0.2, 0) is 9.59 Å². The molecule has 0 saturated carbocycles. The van der Waals surface area contributed by atoms with Crippen LogP contribution in [0, 0.1) is 6.92 Å².